The molecule has 1 aromatic rings. The summed E-state index contributed by atoms with van der Waals surface area (Å²) in [5.74, 6) is 0.171. The van der Waals surface area contributed by atoms with Crippen molar-refractivity contribution in [2.75, 3.05) is 13.6 Å². The highest BCUT2D eigenvalue weighted by Gasteiger charge is 2.50. The third kappa shape index (κ3) is 1.82. The molecule has 102 valence electrons. The standard InChI is InChI=1S/C15H19NO3/c1-16-7-6-15(5-4-11(17)9-14(15)16)10-2-3-12(18)13(19)8-10/h2-3,8,14,18-19H,4-7,9H2,1H3/t14-,15-/m0/s1. The van der Waals surface area contributed by atoms with Gasteiger partial charge in [0.1, 0.15) is 5.78 Å². The summed E-state index contributed by atoms with van der Waals surface area (Å²) in [5.41, 5.74) is 0.998. The van der Waals surface area contributed by atoms with Crippen molar-refractivity contribution in [1.82, 2.24) is 4.90 Å². The number of likely N-dealkylation sites (tertiary alicyclic amines) is 1. The number of fused-ring (bicyclic) bond motifs is 1. The van der Waals surface area contributed by atoms with Crippen molar-refractivity contribution in [1.29, 1.82) is 0 Å². The van der Waals surface area contributed by atoms with Crippen molar-refractivity contribution < 1.29 is 15.0 Å². The van der Waals surface area contributed by atoms with E-state index in [1.54, 1.807) is 12.1 Å². The average Bonchev–Trinajstić information content (AvgIpc) is 2.72. The molecular weight excluding hydrogens is 242 g/mol. The summed E-state index contributed by atoms with van der Waals surface area (Å²) in [4.78, 5) is 14.0. The molecule has 0 unspecified atom stereocenters. The third-order valence-corrected chi connectivity index (χ3v) is 4.90. The highest BCUT2D eigenvalue weighted by atomic mass is 16.3. The Morgan fingerprint density at radius 3 is 2.79 bits per heavy atom. The van der Waals surface area contributed by atoms with Gasteiger partial charge in [0, 0.05) is 24.3 Å². The minimum Gasteiger partial charge on any atom is -0.504 e. The van der Waals surface area contributed by atoms with Crippen LogP contribution in [0.5, 0.6) is 11.5 Å². The monoisotopic (exact) mass is 261 g/mol. The van der Waals surface area contributed by atoms with E-state index in [-0.39, 0.29) is 23.0 Å². The van der Waals surface area contributed by atoms with Crippen LogP contribution in [0.3, 0.4) is 0 Å². The summed E-state index contributed by atoms with van der Waals surface area (Å²) in [6.45, 7) is 0.972. The second-order valence-corrected chi connectivity index (χ2v) is 5.85. The summed E-state index contributed by atoms with van der Waals surface area (Å²) in [7, 11) is 2.06. The number of likely N-dealkylation sites (N-methyl/N-ethyl adjacent to an activating group) is 1. The Hall–Kier alpha value is -1.55. The summed E-state index contributed by atoms with van der Waals surface area (Å²) in [6.07, 6.45) is 3.06. The molecule has 0 amide bonds. The van der Waals surface area contributed by atoms with E-state index in [1.165, 1.54) is 0 Å². The lowest BCUT2D eigenvalue weighted by Crippen LogP contribution is -2.46. The smallest absolute Gasteiger partial charge is 0.157 e. The van der Waals surface area contributed by atoms with E-state index < -0.39 is 0 Å². The van der Waals surface area contributed by atoms with Crippen LogP contribution in [0.4, 0.5) is 0 Å². The summed E-state index contributed by atoms with van der Waals surface area (Å²) in [5, 5.41) is 19.2. The van der Waals surface area contributed by atoms with Gasteiger partial charge in [0.25, 0.3) is 0 Å². The van der Waals surface area contributed by atoms with E-state index in [0.29, 0.717) is 18.6 Å². The Balaban J connectivity index is 2.04. The van der Waals surface area contributed by atoms with Crippen LogP contribution in [-0.4, -0.2) is 40.5 Å². The van der Waals surface area contributed by atoms with Crippen LogP contribution in [0.15, 0.2) is 18.2 Å². The molecule has 19 heavy (non-hydrogen) atoms. The second kappa shape index (κ2) is 4.23. The Kier molecular flexibility index (Phi) is 2.78. The number of carbonyl (C=O) groups excluding carboxylic acids is 1. The van der Waals surface area contributed by atoms with Gasteiger partial charge in [0.15, 0.2) is 11.5 Å². The SMILES string of the molecule is CN1CC[C@]2(c3ccc(O)c(O)c3)CCC(=O)C[C@H]12. The molecule has 1 saturated carbocycles. The molecule has 1 aliphatic carbocycles. The molecule has 2 atom stereocenters. The highest BCUT2D eigenvalue weighted by Crippen LogP contribution is 2.48. The number of carbonyl (C=O) groups is 1. The van der Waals surface area contributed by atoms with E-state index in [2.05, 4.69) is 11.9 Å². The minimum atomic E-state index is -0.0880. The van der Waals surface area contributed by atoms with Crippen molar-refractivity contribution in [3.63, 3.8) is 0 Å². The van der Waals surface area contributed by atoms with Crippen molar-refractivity contribution in [3.8, 4) is 11.5 Å². The fourth-order valence-corrected chi connectivity index (χ4v) is 3.76. The maximum absolute atomic E-state index is 11.7. The minimum absolute atomic E-state index is 0.0478. The molecule has 2 aliphatic rings. The number of ketones is 1. The first kappa shape index (κ1) is 12.5. The molecule has 0 spiro atoms. The largest absolute Gasteiger partial charge is 0.504 e. The van der Waals surface area contributed by atoms with Crippen molar-refractivity contribution in [2.24, 2.45) is 0 Å². The van der Waals surface area contributed by atoms with Crippen LogP contribution in [0, 0.1) is 0 Å². The number of benzene rings is 1. The Morgan fingerprint density at radius 2 is 2.05 bits per heavy atom. The normalized spacial score (nSPS) is 31.4. The molecular formula is C15H19NO3. The van der Waals surface area contributed by atoms with Gasteiger partial charge >= 0.3 is 0 Å². The van der Waals surface area contributed by atoms with E-state index in [0.717, 1.165) is 24.9 Å². The second-order valence-electron chi connectivity index (χ2n) is 5.85. The number of nitrogens with zero attached hydrogens (tertiary/aromatic N) is 1. The lowest BCUT2D eigenvalue weighted by Gasteiger charge is -2.41. The molecule has 0 aromatic heterocycles. The number of rotatable bonds is 1. The van der Waals surface area contributed by atoms with E-state index >= 15 is 0 Å². The maximum Gasteiger partial charge on any atom is 0.157 e. The van der Waals surface area contributed by atoms with Gasteiger partial charge in [-0.15, -0.1) is 0 Å². The molecule has 1 aliphatic heterocycles. The number of phenolic OH excluding ortho intramolecular Hbond substituents is 2. The molecule has 1 saturated heterocycles. The number of hydrogen-bond acceptors (Lipinski definition) is 4. The van der Waals surface area contributed by atoms with E-state index in [4.69, 9.17) is 0 Å². The van der Waals surface area contributed by atoms with Crippen LogP contribution in [0.1, 0.15) is 31.2 Å². The molecule has 0 radical (unpaired) electrons. The van der Waals surface area contributed by atoms with Gasteiger partial charge in [-0.1, -0.05) is 6.07 Å². The van der Waals surface area contributed by atoms with Crippen molar-refractivity contribution in [3.05, 3.63) is 23.8 Å². The first-order valence-corrected chi connectivity index (χ1v) is 6.77. The van der Waals surface area contributed by atoms with Gasteiger partial charge < -0.3 is 15.1 Å². The molecule has 1 aromatic carbocycles. The molecule has 2 N–H and O–H groups in total. The van der Waals surface area contributed by atoms with Gasteiger partial charge in [-0.25, -0.2) is 0 Å². The number of Topliss-reactive ketones (excluding diaryl/α,β-unsaturated/α-hetero) is 1. The van der Waals surface area contributed by atoms with Crippen LogP contribution < -0.4 is 0 Å². The summed E-state index contributed by atoms with van der Waals surface area (Å²) >= 11 is 0. The molecule has 2 fully saturated rings. The van der Waals surface area contributed by atoms with Gasteiger partial charge in [0.05, 0.1) is 0 Å². The van der Waals surface area contributed by atoms with Crippen molar-refractivity contribution >= 4 is 5.78 Å². The lowest BCUT2D eigenvalue weighted by molar-refractivity contribution is -0.122. The van der Waals surface area contributed by atoms with E-state index in [1.807, 2.05) is 6.07 Å². The van der Waals surface area contributed by atoms with Gasteiger partial charge in [-0.05, 0) is 44.1 Å². The zero-order valence-corrected chi connectivity index (χ0v) is 11.1. The van der Waals surface area contributed by atoms with Crippen LogP contribution >= 0.6 is 0 Å². The van der Waals surface area contributed by atoms with Crippen molar-refractivity contribution in [2.45, 2.75) is 37.1 Å². The molecule has 4 heteroatoms. The third-order valence-electron chi connectivity index (χ3n) is 4.90. The zero-order valence-electron chi connectivity index (χ0n) is 11.1. The molecule has 1 heterocycles. The van der Waals surface area contributed by atoms with Crippen LogP contribution in [0.2, 0.25) is 0 Å². The predicted molar refractivity (Wildman–Crippen MR) is 71.3 cm³/mol. The quantitative estimate of drug-likeness (QED) is 0.757. The summed E-state index contributed by atoms with van der Waals surface area (Å²) in [6, 6.07) is 5.32. The number of phenols is 2. The Morgan fingerprint density at radius 1 is 1.26 bits per heavy atom. The molecule has 3 rings (SSSR count). The highest BCUT2D eigenvalue weighted by molar-refractivity contribution is 5.81. The van der Waals surface area contributed by atoms with Gasteiger partial charge in [-0.3, -0.25) is 4.79 Å². The topological polar surface area (TPSA) is 60.8 Å². The number of hydrogen-bond donors (Lipinski definition) is 2. The zero-order chi connectivity index (χ0) is 13.6. The van der Waals surface area contributed by atoms with Crippen LogP contribution in [0.25, 0.3) is 0 Å². The Labute approximate surface area is 112 Å². The first-order valence-electron chi connectivity index (χ1n) is 6.77. The van der Waals surface area contributed by atoms with Gasteiger partial charge in [-0.2, -0.15) is 0 Å². The summed E-state index contributed by atoms with van der Waals surface area (Å²) < 4.78 is 0. The Bertz CT molecular complexity index is 528. The number of aromatic hydroxyl groups is 2. The van der Waals surface area contributed by atoms with Gasteiger partial charge in [0.2, 0.25) is 0 Å². The fourth-order valence-electron chi connectivity index (χ4n) is 3.76. The fraction of sp³-hybridized carbons (Fsp3) is 0.533. The average molecular weight is 261 g/mol. The van der Waals surface area contributed by atoms with E-state index in [9.17, 15) is 15.0 Å². The maximum atomic E-state index is 11.7. The predicted octanol–water partition coefficient (Wildman–Crippen LogP) is 1.79. The lowest BCUT2D eigenvalue weighted by atomic mass is 9.66. The first-order chi connectivity index (χ1) is 9.03. The molecule has 0 bridgehead atoms. The molecule has 4 nitrogen and oxygen atoms in total. The van der Waals surface area contributed by atoms with Crippen LogP contribution in [-0.2, 0) is 10.2 Å².